The summed E-state index contributed by atoms with van der Waals surface area (Å²) in [5.74, 6) is 0.170. The summed E-state index contributed by atoms with van der Waals surface area (Å²) in [6.07, 6.45) is 5.53. The summed E-state index contributed by atoms with van der Waals surface area (Å²) in [4.78, 5) is 7.80. The monoisotopic (exact) mass is 362 g/mol. The van der Waals surface area contributed by atoms with E-state index in [4.69, 9.17) is 16.9 Å². The van der Waals surface area contributed by atoms with Gasteiger partial charge in [0.25, 0.3) is 0 Å². The molecule has 0 aliphatic heterocycles. The molecule has 2 aromatic rings. The fraction of sp³-hybridized carbons (Fsp3) is 0.188. The maximum Gasteiger partial charge on any atom is 0.237 e. The predicted octanol–water partition coefficient (Wildman–Crippen LogP) is 3.38. The Morgan fingerprint density at radius 3 is 2.42 bits per heavy atom. The van der Waals surface area contributed by atoms with E-state index in [2.05, 4.69) is 9.97 Å². The molecule has 8 heteroatoms. The topological polar surface area (TPSA) is 86.9 Å². The van der Waals surface area contributed by atoms with Gasteiger partial charge in [-0.15, -0.1) is 0 Å². The largest absolute Gasteiger partial charge is 0.237 e. The van der Waals surface area contributed by atoms with E-state index in [1.165, 1.54) is 18.3 Å². The molecule has 0 spiro atoms. The van der Waals surface area contributed by atoms with E-state index in [0.29, 0.717) is 5.69 Å². The first-order valence-corrected chi connectivity index (χ1v) is 9.13. The lowest BCUT2D eigenvalue weighted by atomic mass is 10.0. The van der Waals surface area contributed by atoms with E-state index in [-0.39, 0.29) is 11.1 Å². The Morgan fingerprint density at radius 2 is 1.92 bits per heavy atom. The van der Waals surface area contributed by atoms with Crippen molar-refractivity contribution in [2.24, 2.45) is 0 Å². The Labute approximate surface area is 146 Å². The van der Waals surface area contributed by atoms with Crippen LogP contribution in [-0.2, 0) is 10.0 Å². The molecule has 0 bridgehead atoms. The number of aromatic nitrogens is 2. The van der Waals surface area contributed by atoms with Crippen molar-refractivity contribution in [2.45, 2.75) is 13.8 Å². The predicted molar refractivity (Wildman–Crippen MR) is 94.6 cm³/mol. The van der Waals surface area contributed by atoms with Crippen molar-refractivity contribution in [2.75, 3.05) is 10.6 Å². The first kappa shape index (κ1) is 17.9. The molecule has 1 aromatic carbocycles. The SMILES string of the molecule is Cc1cc(/C=C/C#N)cc(C)c1N(c1ccnc(Cl)n1)S(C)(=O)=O. The number of sulfonamides is 1. The van der Waals surface area contributed by atoms with Crippen LogP contribution in [0.5, 0.6) is 0 Å². The molecule has 1 heterocycles. The van der Waals surface area contributed by atoms with E-state index in [0.717, 1.165) is 27.3 Å². The third-order valence-electron chi connectivity index (χ3n) is 3.22. The number of benzene rings is 1. The highest BCUT2D eigenvalue weighted by Crippen LogP contribution is 2.34. The van der Waals surface area contributed by atoms with Gasteiger partial charge in [0, 0.05) is 18.3 Å². The molecule has 2 rings (SSSR count). The number of halogens is 1. The summed E-state index contributed by atoms with van der Waals surface area (Å²) in [6, 6.07) is 7.02. The van der Waals surface area contributed by atoms with E-state index >= 15 is 0 Å². The zero-order chi connectivity index (χ0) is 17.9. The zero-order valence-electron chi connectivity index (χ0n) is 13.4. The van der Waals surface area contributed by atoms with Crippen LogP contribution < -0.4 is 4.31 Å². The standard InChI is InChI=1S/C16H15ClN4O2S/c1-11-9-13(5-4-7-18)10-12(2)15(11)21(24(3,22)23)14-6-8-19-16(17)20-14/h4-6,8-10H,1-3H3/b5-4+. The molecular weight excluding hydrogens is 348 g/mol. The third-order valence-corrected chi connectivity index (χ3v) is 4.43. The second kappa shape index (κ2) is 6.99. The highest BCUT2D eigenvalue weighted by atomic mass is 35.5. The van der Waals surface area contributed by atoms with Gasteiger partial charge >= 0.3 is 0 Å². The number of anilines is 2. The molecule has 0 radical (unpaired) electrons. The summed E-state index contributed by atoms with van der Waals surface area (Å²) >= 11 is 5.81. The van der Waals surface area contributed by atoms with E-state index < -0.39 is 10.0 Å². The summed E-state index contributed by atoms with van der Waals surface area (Å²) in [5.41, 5.74) is 2.77. The smallest absolute Gasteiger partial charge is 0.226 e. The van der Waals surface area contributed by atoms with Gasteiger partial charge in [-0.1, -0.05) is 0 Å². The summed E-state index contributed by atoms with van der Waals surface area (Å²) in [7, 11) is -3.65. The van der Waals surface area contributed by atoms with Crippen LogP contribution in [-0.4, -0.2) is 24.6 Å². The molecule has 0 amide bonds. The molecule has 6 nitrogen and oxygen atoms in total. The number of hydrogen-bond donors (Lipinski definition) is 0. The second-order valence-corrected chi connectivity index (χ2v) is 7.35. The molecule has 124 valence electrons. The summed E-state index contributed by atoms with van der Waals surface area (Å²) < 4.78 is 25.9. The lowest BCUT2D eigenvalue weighted by molar-refractivity contribution is 0.601. The maximum absolute atomic E-state index is 12.4. The Kier molecular flexibility index (Phi) is 5.22. The van der Waals surface area contributed by atoms with Gasteiger partial charge in [-0.2, -0.15) is 10.2 Å². The zero-order valence-corrected chi connectivity index (χ0v) is 14.9. The van der Waals surface area contributed by atoms with Crippen LogP contribution in [0.3, 0.4) is 0 Å². The average Bonchev–Trinajstić information content (AvgIpc) is 2.47. The van der Waals surface area contributed by atoms with Crippen molar-refractivity contribution in [1.82, 2.24) is 9.97 Å². The van der Waals surface area contributed by atoms with Gasteiger partial charge in [-0.25, -0.2) is 17.7 Å². The van der Waals surface area contributed by atoms with Crippen molar-refractivity contribution in [1.29, 1.82) is 5.26 Å². The minimum Gasteiger partial charge on any atom is -0.226 e. The van der Waals surface area contributed by atoms with Gasteiger partial charge < -0.3 is 0 Å². The molecule has 0 fully saturated rings. The minimum absolute atomic E-state index is 0.0370. The van der Waals surface area contributed by atoms with E-state index in [1.54, 1.807) is 32.1 Å². The Bertz CT molecular complexity index is 926. The van der Waals surface area contributed by atoms with Crippen LogP contribution in [0.2, 0.25) is 5.28 Å². The Hall–Kier alpha value is -2.43. The van der Waals surface area contributed by atoms with Crippen LogP contribution in [0, 0.1) is 25.2 Å². The first-order chi connectivity index (χ1) is 11.2. The van der Waals surface area contributed by atoms with E-state index in [1.807, 2.05) is 6.07 Å². The van der Waals surface area contributed by atoms with E-state index in [9.17, 15) is 8.42 Å². The van der Waals surface area contributed by atoms with Gasteiger partial charge in [-0.3, -0.25) is 0 Å². The Balaban J connectivity index is 2.69. The van der Waals surface area contributed by atoms with Gasteiger partial charge in [0.1, 0.15) is 0 Å². The molecule has 0 saturated carbocycles. The van der Waals surface area contributed by atoms with Crippen molar-refractivity contribution < 1.29 is 8.42 Å². The van der Waals surface area contributed by atoms with Gasteiger partial charge in [0.15, 0.2) is 5.82 Å². The molecule has 0 aliphatic rings. The number of nitriles is 1. The highest BCUT2D eigenvalue weighted by Gasteiger charge is 2.25. The van der Waals surface area contributed by atoms with Crippen molar-refractivity contribution in [3.05, 3.63) is 52.4 Å². The maximum atomic E-state index is 12.4. The lowest BCUT2D eigenvalue weighted by Crippen LogP contribution is -2.27. The fourth-order valence-corrected chi connectivity index (χ4v) is 3.63. The Morgan fingerprint density at radius 1 is 1.29 bits per heavy atom. The lowest BCUT2D eigenvalue weighted by Gasteiger charge is -2.25. The van der Waals surface area contributed by atoms with Crippen LogP contribution in [0.25, 0.3) is 6.08 Å². The normalized spacial score (nSPS) is 11.5. The van der Waals surface area contributed by atoms with Gasteiger partial charge in [0.2, 0.25) is 15.3 Å². The number of allylic oxidation sites excluding steroid dienone is 1. The molecular formula is C16H15ClN4O2S. The van der Waals surface area contributed by atoms with Gasteiger partial charge in [-0.05, 0) is 60.3 Å². The van der Waals surface area contributed by atoms with Crippen LogP contribution in [0.1, 0.15) is 16.7 Å². The highest BCUT2D eigenvalue weighted by molar-refractivity contribution is 7.92. The van der Waals surface area contributed by atoms with Crippen molar-refractivity contribution in [3.63, 3.8) is 0 Å². The average molecular weight is 363 g/mol. The number of hydrogen-bond acceptors (Lipinski definition) is 5. The van der Waals surface area contributed by atoms with Gasteiger partial charge in [0.05, 0.1) is 18.0 Å². The molecule has 1 aromatic heterocycles. The minimum atomic E-state index is -3.65. The quantitative estimate of drug-likeness (QED) is 0.614. The third kappa shape index (κ3) is 3.91. The van der Waals surface area contributed by atoms with Crippen molar-refractivity contribution >= 4 is 39.2 Å². The summed E-state index contributed by atoms with van der Waals surface area (Å²) in [6.45, 7) is 3.60. The van der Waals surface area contributed by atoms with Crippen molar-refractivity contribution in [3.8, 4) is 6.07 Å². The number of rotatable bonds is 4. The van der Waals surface area contributed by atoms with Crippen LogP contribution >= 0.6 is 11.6 Å². The van der Waals surface area contributed by atoms with Crippen LogP contribution in [0.4, 0.5) is 11.5 Å². The molecule has 0 aliphatic carbocycles. The number of aryl methyl sites for hydroxylation is 2. The second-order valence-electron chi connectivity index (χ2n) is 5.18. The molecule has 0 unspecified atom stereocenters. The molecule has 24 heavy (non-hydrogen) atoms. The molecule has 0 atom stereocenters. The number of nitrogens with zero attached hydrogens (tertiary/aromatic N) is 4. The first-order valence-electron chi connectivity index (χ1n) is 6.90. The molecule has 0 N–H and O–H groups in total. The molecule has 0 saturated heterocycles. The fourth-order valence-electron chi connectivity index (χ4n) is 2.43. The summed E-state index contributed by atoms with van der Waals surface area (Å²) in [5, 5.41) is 8.60. The van der Waals surface area contributed by atoms with Crippen LogP contribution in [0.15, 0.2) is 30.5 Å².